The Bertz CT molecular complexity index is 2070. The Morgan fingerprint density at radius 1 is 0.860 bits per heavy atom. The molecule has 6 nitrogen and oxygen atoms in total. The summed E-state index contributed by atoms with van der Waals surface area (Å²) in [7, 11) is 0. The average Bonchev–Trinajstić information content (AvgIpc) is 3.39. The first-order chi connectivity index (χ1) is 20.8. The van der Waals surface area contributed by atoms with Crippen molar-refractivity contribution in [2.24, 2.45) is 5.10 Å². The van der Waals surface area contributed by atoms with Crippen LogP contribution in [-0.4, -0.2) is 23.1 Å². The van der Waals surface area contributed by atoms with Crippen LogP contribution in [0.1, 0.15) is 26.4 Å². The van der Waals surface area contributed by atoms with E-state index in [9.17, 15) is 9.59 Å². The number of aromatic nitrogens is 1. The van der Waals surface area contributed by atoms with E-state index in [0.29, 0.717) is 46.9 Å². The topological polar surface area (TPSA) is 83.5 Å². The number of H-pyrrole nitrogens is 1. The fourth-order valence-electron chi connectivity index (χ4n) is 4.79. The molecular formula is C33H19Br2Cl2N3O3. The van der Waals surface area contributed by atoms with Gasteiger partial charge >= 0.3 is 5.97 Å². The van der Waals surface area contributed by atoms with Gasteiger partial charge in [0, 0.05) is 42.0 Å². The Morgan fingerprint density at radius 2 is 1.60 bits per heavy atom. The van der Waals surface area contributed by atoms with Gasteiger partial charge in [-0.1, -0.05) is 93.7 Å². The first-order valence-corrected chi connectivity index (χ1v) is 15.2. The number of nitrogens with zero attached hydrogens (tertiary/aromatic N) is 1. The summed E-state index contributed by atoms with van der Waals surface area (Å²) in [6.45, 7) is 0. The summed E-state index contributed by atoms with van der Waals surface area (Å²) in [6.07, 6.45) is 1.41. The Labute approximate surface area is 272 Å². The first-order valence-electron chi connectivity index (χ1n) is 12.9. The molecule has 1 heterocycles. The zero-order valence-corrected chi connectivity index (χ0v) is 26.7. The van der Waals surface area contributed by atoms with Gasteiger partial charge in [-0.05, 0) is 63.8 Å². The van der Waals surface area contributed by atoms with Crippen molar-refractivity contribution in [3.05, 3.63) is 133 Å². The molecule has 0 unspecified atom stereocenters. The molecule has 0 saturated carbocycles. The van der Waals surface area contributed by atoms with Crippen molar-refractivity contribution in [3.8, 4) is 16.9 Å². The summed E-state index contributed by atoms with van der Waals surface area (Å²) in [5.74, 6) is -0.816. The predicted octanol–water partition coefficient (Wildman–Crippen LogP) is 9.80. The van der Waals surface area contributed by atoms with E-state index in [0.717, 1.165) is 21.7 Å². The van der Waals surface area contributed by atoms with Gasteiger partial charge in [-0.3, -0.25) is 4.79 Å². The number of aromatic amines is 1. The van der Waals surface area contributed by atoms with Crippen molar-refractivity contribution in [1.29, 1.82) is 0 Å². The second kappa shape index (κ2) is 12.3. The van der Waals surface area contributed by atoms with Crippen LogP contribution in [0.2, 0.25) is 10.0 Å². The summed E-state index contributed by atoms with van der Waals surface area (Å²) in [4.78, 5) is 29.8. The van der Waals surface area contributed by atoms with Crippen LogP contribution >= 0.6 is 55.1 Å². The number of rotatable bonds is 6. The maximum absolute atomic E-state index is 13.6. The van der Waals surface area contributed by atoms with Gasteiger partial charge in [0.25, 0.3) is 5.91 Å². The Balaban J connectivity index is 1.35. The lowest BCUT2D eigenvalue weighted by atomic mass is 9.99. The molecule has 0 aliphatic heterocycles. The van der Waals surface area contributed by atoms with Gasteiger partial charge in [-0.25, -0.2) is 10.2 Å². The fourth-order valence-corrected chi connectivity index (χ4v) is 6.48. The van der Waals surface area contributed by atoms with Crippen LogP contribution in [0.3, 0.4) is 0 Å². The molecule has 0 spiro atoms. The summed E-state index contributed by atoms with van der Waals surface area (Å²) >= 11 is 19.5. The molecule has 1 aromatic heterocycles. The van der Waals surface area contributed by atoms with E-state index < -0.39 is 11.9 Å². The largest absolute Gasteiger partial charge is 0.421 e. The number of halogens is 4. The lowest BCUT2D eigenvalue weighted by Crippen LogP contribution is -2.19. The number of nitrogens with one attached hydrogen (secondary N) is 2. The number of carbonyl (C=O) groups excluding carboxylic acids is 2. The fraction of sp³-hybridized carbons (Fsp3) is 0. The zero-order valence-electron chi connectivity index (χ0n) is 22.0. The minimum atomic E-state index is -0.576. The number of benzene rings is 5. The molecule has 0 aliphatic carbocycles. The SMILES string of the molecule is O=C(Oc1c(Br)cc(Br)cc1C=NNC(=O)c1[nH]c2c(ccc3ccccc32)c1-c1ccccc1Cl)c1ccc(Cl)cc1. The van der Waals surface area contributed by atoms with E-state index in [1.807, 2.05) is 54.6 Å². The highest BCUT2D eigenvalue weighted by molar-refractivity contribution is 9.11. The van der Waals surface area contributed by atoms with Gasteiger partial charge in [0.2, 0.25) is 0 Å². The molecule has 5 aromatic carbocycles. The van der Waals surface area contributed by atoms with E-state index in [4.69, 9.17) is 27.9 Å². The molecule has 0 bridgehead atoms. The summed E-state index contributed by atoms with van der Waals surface area (Å²) in [5.41, 5.74) is 5.89. The zero-order chi connectivity index (χ0) is 30.1. The van der Waals surface area contributed by atoms with Crippen molar-refractivity contribution in [3.63, 3.8) is 0 Å². The van der Waals surface area contributed by atoms with Gasteiger partial charge < -0.3 is 9.72 Å². The van der Waals surface area contributed by atoms with E-state index in [1.54, 1.807) is 42.5 Å². The van der Waals surface area contributed by atoms with Crippen LogP contribution < -0.4 is 10.2 Å². The van der Waals surface area contributed by atoms with Crippen LogP contribution in [0.25, 0.3) is 32.8 Å². The summed E-state index contributed by atoms with van der Waals surface area (Å²) < 4.78 is 6.92. The highest BCUT2D eigenvalue weighted by Gasteiger charge is 2.22. The highest BCUT2D eigenvalue weighted by atomic mass is 79.9. The number of ether oxygens (including phenoxy) is 1. The first kappa shape index (κ1) is 29.1. The maximum atomic E-state index is 13.6. The number of hydrazone groups is 1. The number of amides is 1. The van der Waals surface area contributed by atoms with E-state index in [-0.39, 0.29) is 5.75 Å². The van der Waals surface area contributed by atoms with Gasteiger partial charge in [-0.2, -0.15) is 5.10 Å². The van der Waals surface area contributed by atoms with Gasteiger partial charge in [0.05, 0.1) is 21.8 Å². The smallest absolute Gasteiger partial charge is 0.343 e. The van der Waals surface area contributed by atoms with Crippen molar-refractivity contribution >= 4 is 94.8 Å². The highest BCUT2D eigenvalue weighted by Crippen LogP contribution is 2.39. The molecule has 6 aromatic rings. The third-order valence-corrected chi connectivity index (χ3v) is 8.38. The number of fused-ring (bicyclic) bond motifs is 3. The summed E-state index contributed by atoms with van der Waals surface area (Å²) in [5, 5.41) is 8.10. The third-order valence-electron chi connectivity index (χ3n) is 6.75. The van der Waals surface area contributed by atoms with Crippen LogP contribution in [0.15, 0.2) is 111 Å². The van der Waals surface area contributed by atoms with Gasteiger partial charge in [-0.15, -0.1) is 0 Å². The molecule has 43 heavy (non-hydrogen) atoms. The minimum absolute atomic E-state index is 0.231. The molecule has 1 amide bonds. The van der Waals surface area contributed by atoms with Crippen LogP contribution in [0.5, 0.6) is 5.75 Å². The molecule has 0 radical (unpaired) electrons. The molecule has 0 aliphatic rings. The molecule has 0 atom stereocenters. The van der Waals surface area contributed by atoms with E-state index in [2.05, 4.69) is 47.4 Å². The Morgan fingerprint density at radius 3 is 2.40 bits per heavy atom. The predicted molar refractivity (Wildman–Crippen MR) is 180 cm³/mol. The molecular weight excluding hydrogens is 717 g/mol. The third kappa shape index (κ3) is 5.96. The second-order valence-corrected chi connectivity index (χ2v) is 12.1. The number of hydrogen-bond acceptors (Lipinski definition) is 4. The van der Waals surface area contributed by atoms with Gasteiger partial charge in [0.15, 0.2) is 5.75 Å². The normalized spacial score (nSPS) is 11.3. The quantitative estimate of drug-likeness (QED) is 0.0774. The molecule has 6 rings (SSSR count). The Hall–Kier alpha value is -3.95. The lowest BCUT2D eigenvalue weighted by Gasteiger charge is -2.11. The van der Waals surface area contributed by atoms with E-state index in [1.165, 1.54) is 6.21 Å². The number of carbonyl (C=O) groups is 2. The standard InChI is InChI=1S/C33H19Br2Cl2N3O3/c34-21-15-20(31(26(35)16-21)43-33(42)19-9-12-22(36)13-10-19)17-38-40-32(41)30-28(24-7-3-4-8-27(24)37)25-14-11-18-5-1-2-6-23(18)29(25)39-30/h1-17,39H,(H,40,41). The second-order valence-electron chi connectivity index (χ2n) is 9.47. The van der Waals surface area contributed by atoms with Crippen LogP contribution in [-0.2, 0) is 0 Å². The van der Waals surface area contributed by atoms with Crippen molar-refractivity contribution < 1.29 is 14.3 Å². The minimum Gasteiger partial charge on any atom is -0.421 e. The number of esters is 1. The average molecular weight is 736 g/mol. The Kier molecular flexibility index (Phi) is 8.36. The van der Waals surface area contributed by atoms with Crippen molar-refractivity contribution in [1.82, 2.24) is 10.4 Å². The van der Waals surface area contributed by atoms with Crippen LogP contribution in [0.4, 0.5) is 0 Å². The molecule has 0 saturated heterocycles. The molecule has 10 heteroatoms. The van der Waals surface area contributed by atoms with Crippen molar-refractivity contribution in [2.75, 3.05) is 0 Å². The van der Waals surface area contributed by atoms with Crippen LogP contribution in [0, 0.1) is 0 Å². The van der Waals surface area contributed by atoms with E-state index >= 15 is 0 Å². The molecule has 2 N–H and O–H groups in total. The maximum Gasteiger partial charge on any atom is 0.343 e. The number of hydrogen-bond donors (Lipinski definition) is 2. The molecule has 0 fully saturated rings. The summed E-state index contributed by atoms with van der Waals surface area (Å²) in [6, 6.07) is 29.1. The van der Waals surface area contributed by atoms with Crippen molar-refractivity contribution in [2.45, 2.75) is 0 Å². The van der Waals surface area contributed by atoms with Gasteiger partial charge in [0.1, 0.15) is 5.69 Å². The lowest BCUT2D eigenvalue weighted by molar-refractivity contribution is 0.0733. The monoisotopic (exact) mass is 733 g/mol. The molecule has 212 valence electrons.